The molecule has 9 nitrogen and oxygen atoms in total. The Morgan fingerprint density at radius 1 is 1.26 bits per heavy atom. The standard InChI is InChI=1S/C18H26N2O7/c1-10-15(24-5)14(21)11(16(22)25-6)7-20(10)13-9-26-8-12(13)19-17(23)27-18(2,3)4/h7,12-13H,8-9H2,1-6H3,(H,19,23)/t12-,13-/m1/s1. The normalized spacial score (nSPS) is 19.5. The molecule has 0 unspecified atom stereocenters. The van der Waals surface area contributed by atoms with Crippen LogP contribution >= 0.6 is 0 Å². The molecule has 150 valence electrons. The maximum absolute atomic E-state index is 12.4. The van der Waals surface area contributed by atoms with E-state index in [1.807, 2.05) is 0 Å². The first-order chi connectivity index (χ1) is 12.6. The first-order valence-electron chi connectivity index (χ1n) is 8.54. The minimum Gasteiger partial charge on any atom is -0.491 e. The van der Waals surface area contributed by atoms with Gasteiger partial charge in [-0.15, -0.1) is 0 Å². The number of hydrogen-bond donors (Lipinski definition) is 1. The number of rotatable bonds is 4. The molecule has 0 aromatic carbocycles. The summed E-state index contributed by atoms with van der Waals surface area (Å²) in [6.07, 6.45) is 0.844. The highest BCUT2D eigenvalue weighted by Crippen LogP contribution is 2.25. The molecule has 1 amide bonds. The predicted octanol–water partition coefficient (Wildman–Crippen LogP) is 1.42. The van der Waals surface area contributed by atoms with Gasteiger partial charge < -0.3 is 28.8 Å². The Bertz CT molecular complexity index is 779. The molecule has 1 N–H and O–H groups in total. The average molecular weight is 382 g/mol. The van der Waals surface area contributed by atoms with Crippen molar-refractivity contribution in [2.45, 2.75) is 45.4 Å². The average Bonchev–Trinajstić information content (AvgIpc) is 3.00. The zero-order valence-electron chi connectivity index (χ0n) is 16.5. The van der Waals surface area contributed by atoms with Gasteiger partial charge in [-0.2, -0.15) is 0 Å². The van der Waals surface area contributed by atoms with Gasteiger partial charge in [0.15, 0.2) is 5.75 Å². The smallest absolute Gasteiger partial charge is 0.408 e. The zero-order chi connectivity index (χ0) is 20.4. The third kappa shape index (κ3) is 4.60. The summed E-state index contributed by atoms with van der Waals surface area (Å²) < 4.78 is 22.4. The van der Waals surface area contributed by atoms with Crippen molar-refractivity contribution in [1.82, 2.24) is 9.88 Å². The monoisotopic (exact) mass is 382 g/mol. The molecule has 1 aromatic heterocycles. The number of ether oxygens (including phenoxy) is 4. The highest BCUT2D eigenvalue weighted by Gasteiger charge is 2.34. The summed E-state index contributed by atoms with van der Waals surface area (Å²) in [6.45, 7) is 7.57. The molecule has 1 fully saturated rings. The molecule has 2 atom stereocenters. The number of nitrogens with zero attached hydrogens (tertiary/aromatic N) is 1. The first-order valence-corrected chi connectivity index (χ1v) is 8.54. The van der Waals surface area contributed by atoms with Crippen molar-refractivity contribution in [2.24, 2.45) is 0 Å². The van der Waals surface area contributed by atoms with E-state index in [-0.39, 0.29) is 30.6 Å². The number of carbonyl (C=O) groups excluding carboxylic acids is 2. The molecule has 0 bridgehead atoms. The van der Waals surface area contributed by atoms with Crippen molar-refractivity contribution >= 4 is 12.1 Å². The highest BCUT2D eigenvalue weighted by atomic mass is 16.6. The Morgan fingerprint density at radius 3 is 2.48 bits per heavy atom. The van der Waals surface area contributed by atoms with Crippen LogP contribution in [-0.4, -0.2) is 55.7 Å². The van der Waals surface area contributed by atoms with Gasteiger partial charge in [-0.3, -0.25) is 4.79 Å². The fourth-order valence-electron chi connectivity index (χ4n) is 2.95. The van der Waals surface area contributed by atoms with Crippen LogP contribution in [0.2, 0.25) is 0 Å². The second-order valence-corrected chi connectivity index (χ2v) is 7.25. The largest absolute Gasteiger partial charge is 0.491 e. The minimum absolute atomic E-state index is 0.0424. The first kappa shape index (κ1) is 20.8. The summed E-state index contributed by atoms with van der Waals surface area (Å²) in [5.74, 6) is -0.719. The lowest BCUT2D eigenvalue weighted by Crippen LogP contribution is -2.44. The van der Waals surface area contributed by atoms with Gasteiger partial charge in [-0.25, -0.2) is 9.59 Å². The van der Waals surface area contributed by atoms with Crippen molar-refractivity contribution in [3.05, 3.63) is 27.7 Å². The van der Waals surface area contributed by atoms with Crippen molar-refractivity contribution in [3.8, 4) is 5.75 Å². The Morgan fingerprint density at radius 2 is 1.93 bits per heavy atom. The van der Waals surface area contributed by atoms with Crippen LogP contribution in [0.1, 0.15) is 42.9 Å². The molecule has 1 aliphatic heterocycles. The second kappa shape index (κ2) is 7.99. The Balaban J connectivity index is 2.39. The van der Waals surface area contributed by atoms with Gasteiger partial charge in [-0.05, 0) is 27.7 Å². The van der Waals surface area contributed by atoms with Crippen molar-refractivity contribution in [1.29, 1.82) is 0 Å². The number of alkyl carbamates (subject to hydrolysis) is 1. The zero-order valence-corrected chi connectivity index (χ0v) is 16.5. The molecule has 1 aromatic rings. The van der Waals surface area contributed by atoms with E-state index < -0.39 is 29.1 Å². The lowest BCUT2D eigenvalue weighted by atomic mass is 10.1. The van der Waals surface area contributed by atoms with E-state index in [2.05, 4.69) is 5.32 Å². The van der Waals surface area contributed by atoms with Crippen molar-refractivity contribution in [2.75, 3.05) is 27.4 Å². The Hall–Kier alpha value is -2.55. The molecule has 1 saturated heterocycles. The molecular formula is C18H26N2O7. The second-order valence-electron chi connectivity index (χ2n) is 7.25. The number of nitrogens with one attached hydrogen (secondary N) is 1. The quantitative estimate of drug-likeness (QED) is 0.785. The topological polar surface area (TPSA) is 105 Å². The van der Waals surface area contributed by atoms with E-state index in [0.717, 1.165) is 0 Å². The fourth-order valence-corrected chi connectivity index (χ4v) is 2.95. The third-order valence-corrected chi connectivity index (χ3v) is 4.15. The maximum Gasteiger partial charge on any atom is 0.408 e. The minimum atomic E-state index is -0.761. The summed E-state index contributed by atoms with van der Waals surface area (Å²) >= 11 is 0. The molecule has 27 heavy (non-hydrogen) atoms. The van der Waals surface area contributed by atoms with Crippen molar-refractivity contribution in [3.63, 3.8) is 0 Å². The summed E-state index contributed by atoms with van der Waals surface area (Å²) in [7, 11) is 2.56. The van der Waals surface area contributed by atoms with Crippen LogP contribution in [0, 0.1) is 6.92 Å². The van der Waals surface area contributed by atoms with Gasteiger partial charge in [0.05, 0.1) is 45.2 Å². The molecule has 1 aliphatic rings. The van der Waals surface area contributed by atoms with E-state index in [1.165, 1.54) is 20.4 Å². The van der Waals surface area contributed by atoms with E-state index in [4.69, 9.17) is 18.9 Å². The molecule has 0 spiro atoms. The van der Waals surface area contributed by atoms with Gasteiger partial charge in [0.1, 0.15) is 11.2 Å². The van der Waals surface area contributed by atoms with Crippen LogP contribution in [0.3, 0.4) is 0 Å². The SMILES string of the molecule is COC(=O)c1cn([C@@H]2COC[C@H]2NC(=O)OC(C)(C)C)c(C)c(OC)c1=O. The molecular weight excluding hydrogens is 356 g/mol. The lowest BCUT2D eigenvalue weighted by Gasteiger charge is -2.27. The van der Waals surface area contributed by atoms with E-state index in [1.54, 1.807) is 32.3 Å². The lowest BCUT2D eigenvalue weighted by molar-refractivity contribution is 0.0490. The number of amides is 1. The number of hydrogen-bond acceptors (Lipinski definition) is 7. The van der Waals surface area contributed by atoms with Gasteiger partial charge in [-0.1, -0.05) is 0 Å². The summed E-state index contributed by atoms with van der Waals surface area (Å²) in [4.78, 5) is 36.6. The van der Waals surface area contributed by atoms with E-state index in [9.17, 15) is 14.4 Å². The molecule has 9 heteroatoms. The predicted molar refractivity (Wildman–Crippen MR) is 96.3 cm³/mol. The van der Waals surface area contributed by atoms with Gasteiger partial charge in [0.2, 0.25) is 5.43 Å². The van der Waals surface area contributed by atoms with Crippen LogP contribution in [0.5, 0.6) is 5.75 Å². The van der Waals surface area contributed by atoms with Crippen LogP contribution in [0.15, 0.2) is 11.0 Å². The van der Waals surface area contributed by atoms with Crippen LogP contribution in [0.25, 0.3) is 0 Å². The van der Waals surface area contributed by atoms with Crippen molar-refractivity contribution < 1.29 is 28.5 Å². The van der Waals surface area contributed by atoms with E-state index in [0.29, 0.717) is 5.69 Å². The van der Waals surface area contributed by atoms with Crippen LogP contribution in [0.4, 0.5) is 4.79 Å². The number of pyridine rings is 1. The van der Waals surface area contributed by atoms with Gasteiger partial charge >= 0.3 is 12.1 Å². The summed E-state index contributed by atoms with van der Waals surface area (Å²) in [6, 6.07) is -0.758. The number of methoxy groups -OCH3 is 2. The molecule has 2 heterocycles. The van der Waals surface area contributed by atoms with Gasteiger partial charge in [0.25, 0.3) is 0 Å². The fraction of sp³-hybridized carbons (Fsp3) is 0.611. The molecule has 0 aliphatic carbocycles. The Labute approximate surface area is 157 Å². The molecule has 0 saturated carbocycles. The molecule has 0 radical (unpaired) electrons. The molecule has 2 rings (SSSR count). The maximum atomic E-state index is 12.4. The Kier molecular flexibility index (Phi) is 6.15. The number of esters is 1. The van der Waals surface area contributed by atoms with Crippen LogP contribution < -0.4 is 15.5 Å². The van der Waals surface area contributed by atoms with E-state index >= 15 is 0 Å². The summed E-state index contributed by atoms with van der Waals surface area (Å²) in [5, 5.41) is 2.78. The number of aromatic nitrogens is 1. The summed E-state index contributed by atoms with van der Waals surface area (Å²) in [5.41, 5.74) is -0.814. The van der Waals surface area contributed by atoms with Crippen LogP contribution in [-0.2, 0) is 14.2 Å². The third-order valence-electron chi connectivity index (χ3n) is 4.15. The van der Waals surface area contributed by atoms with Gasteiger partial charge in [0, 0.05) is 6.20 Å². The number of carbonyl (C=O) groups is 2. The highest BCUT2D eigenvalue weighted by molar-refractivity contribution is 5.89.